The fourth-order valence-corrected chi connectivity index (χ4v) is 1.83. The fraction of sp³-hybridized carbons (Fsp3) is 0.889. The van der Waals surface area contributed by atoms with Gasteiger partial charge in [0, 0.05) is 36.0 Å². The monoisotopic (exact) mass is 210 g/mol. The summed E-state index contributed by atoms with van der Waals surface area (Å²) in [5.41, 5.74) is 0. The molecule has 0 aliphatic heterocycles. The average molecular weight is 211 g/mol. The number of hydrogen-bond acceptors (Lipinski definition) is 0. The Labute approximate surface area is 85.4 Å². The molecular weight excluding hydrogens is 193 g/mol. The Kier molecular flexibility index (Phi) is 5.94. The molecule has 0 heterocycles. The fourth-order valence-electron chi connectivity index (χ4n) is 1.16. The Morgan fingerprint density at radius 3 is 1.58 bits per heavy atom. The highest BCUT2D eigenvalue weighted by Crippen LogP contribution is 2.09. The van der Waals surface area contributed by atoms with Crippen LogP contribution in [-0.2, 0) is 0 Å². The van der Waals surface area contributed by atoms with E-state index < -0.39 is 0 Å². The molecule has 0 saturated carbocycles. The number of nitrogens with zero attached hydrogens (tertiary/aromatic N) is 1. The van der Waals surface area contributed by atoms with Gasteiger partial charge in [0.25, 0.3) is 0 Å². The molecule has 0 aliphatic carbocycles. The summed E-state index contributed by atoms with van der Waals surface area (Å²) < 4.78 is 2.45. The van der Waals surface area contributed by atoms with Crippen molar-refractivity contribution < 1.29 is 4.58 Å². The Bertz CT molecular complexity index is 150. The van der Waals surface area contributed by atoms with E-state index in [2.05, 4.69) is 32.3 Å². The normalized spacial score (nSPS) is 15.5. The van der Waals surface area contributed by atoms with Crippen LogP contribution in [-0.4, -0.2) is 21.3 Å². The van der Waals surface area contributed by atoms with Crippen molar-refractivity contribution in [2.75, 3.05) is 0 Å². The van der Waals surface area contributed by atoms with Crippen molar-refractivity contribution in [3.8, 4) is 0 Å². The smallest absolute Gasteiger partial charge is 0.205 e. The maximum Gasteiger partial charge on any atom is 0.341 e. The molecule has 0 fully saturated rings. The van der Waals surface area contributed by atoms with E-state index in [0.717, 1.165) is 12.8 Å². The zero-order valence-corrected chi connectivity index (χ0v) is 9.78. The van der Waals surface area contributed by atoms with Gasteiger partial charge < -0.3 is 0 Å². The van der Waals surface area contributed by atoms with Gasteiger partial charge >= 0.3 is 4.63 Å². The highest BCUT2D eigenvalue weighted by atomic mass is 35.5. The largest absolute Gasteiger partial charge is 0.341 e. The third-order valence-electron chi connectivity index (χ3n) is 2.33. The molecule has 2 atom stereocenters. The van der Waals surface area contributed by atoms with Crippen molar-refractivity contribution in [3.05, 3.63) is 0 Å². The lowest BCUT2D eigenvalue weighted by Gasteiger charge is -2.15. The van der Waals surface area contributed by atoms with Gasteiger partial charge in [0.05, 0.1) is 0 Å². The van der Waals surface area contributed by atoms with Gasteiger partial charge in [0.2, 0.25) is 0 Å². The van der Waals surface area contributed by atoms with Crippen LogP contribution in [0, 0.1) is 0 Å². The van der Waals surface area contributed by atoms with E-state index in [9.17, 15) is 0 Å². The van der Waals surface area contributed by atoms with Crippen LogP contribution in [0.3, 0.4) is 0 Å². The third-order valence-corrected chi connectivity index (χ3v) is 2.72. The number of halogens is 2. The second-order valence-electron chi connectivity index (χ2n) is 3.16. The molecule has 12 heavy (non-hydrogen) atoms. The standard InChI is InChI=1S/C9H18Cl2N/c1-5-7(3)12(9(10)11)8(4)6-2/h7-8H,5-6H2,1-4H3/q+1. The molecule has 0 rings (SSSR count). The van der Waals surface area contributed by atoms with Crippen molar-refractivity contribution in [1.82, 2.24) is 0 Å². The van der Waals surface area contributed by atoms with Gasteiger partial charge in [-0.2, -0.15) is 0 Å². The maximum atomic E-state index is 5.80. The Hall–Kier alpha value is 0.250. The van der Waals surface area contributed by atoms with Gasteiger partial charge in [0.1, 0.15) is 0 Å². The zero-order chi connectivity index (χ0) is 9.72. The highest BCUT2D eigenvalue weighted by molar-refractivity contribution is 6.94. The Morgan fingerprint density at radius 2 is 1.42 bits per heavy atom. The van der Waals surface area contributed by atoms with Gasteiger partial charge in [-0.15, -0.1) is 0 Å². The van der Waals surface area contributed by atoms with Crippen LogP contribution in [0.5, 0.6) is 0 Å². The summed E-state index contributed by atoms with van der Waals surface area (Å²) in [4.78, 5) is 0. The van der Waals surface area contributed by atoms with Crippen LogP contribution in [0.25, 0.3) is 0 Å². The summed E-state index contributed by atoms with van der Waals surface area (Å²) in [6, 6.07) is 0.842. The molecule has 3 heteroatoms. The predicted molar refractivity (Wildman–Crippen MR) is 56.5 cm³/mol. The molecule has 0 radical (unpaired) electrons. The second-order valence-corrected chi connectivity index (χ2v) is 4.07. The van der Waals surface area contributed by atoms with Crippen LogP contribution >= 0.6 is 23.2 Å². The molecule has 1 nitrogen and oxygen atoms in total. The molecular formula is C9H18Cl2N+. The van der Waals surface area contributed by atoms with Crippen LogP contribution in [0.2, 0.25) is 0 Å². The first-order valence-corrected chi connectivity index (χ1v) is 5.26. The third kappa shape index (κ3) is 3.32. The summed E-state index contributed by atoms with van der Waals surface area (Å²) in [7, 11) is 0. The van der Waals surface area contributed by atoms with Gasteiger partial charge in [-0.25, -0.2) is 4.58 Å². The Balaban J connectivity index is 4.57. The van der Waals surface area contributed by atoms with Crippen molar-refractivity contribution in [2.45, 2.75) is 52.6 Å². The summed E-state index contributed by atoms with van der Waals surface area (Å²) in [6.07, 6.45) is 2.13. The summed E-state index contributed by atoms with van der Waals surface area (Å²) in [6.45, 7) is 8.54. The molecule has 0 aromatic carbocycles. The lowest BCUT2D eigenvalue weighted by atomic mass is 10.2. The zero-order valence-electron chi connectivity index (χ0n) is 8.27. The molecule has 0 aromatic rings. The van der Waals surface area contributed by atoms with E-state index in [1.807, 2.05) is 0 Å². The summed E-state index contributed by atoms with van der Waals surface area (Å²) in [5, 5.41) is 0. The van der Waals surface area contributed by atoms with E-state index in [1.54, 1.807) is 0 Å². The molecule has 72 valence electrons. The van der Waals surface area contributed by atoms with Crippen LogP contribution in [0.4, 0.5) is 0 Å². The van der Waals surface area contributed by atoms with Gasteiger partial charge in [0.15, 0.2) is 12.1 Å². The SMILES string of the molecule is CCC(C)[N+](=C(Cl)Cl)C(C)CC. The molecule has 0 spiro atoms. The topological polar surface area (TPSA) is 3.01 Å². The molecule has 0 bridgehead atoms. The maximum absolute atomic E-state index is 5.80. The van der Waals surface area contributed by atoms with Crippen molar-refractivity contribution in [1.29, 1.82) is 0 Å². The number of hydrogen-bond donors (Lipinski definition) is 0. The van der Waals surface area contributed by atoms with Crippen molar-refractivity contribution in [3.63, 3.8) is 0 Å². The first-order valence-electron chi connectivity index (χ1n) is 4.50. The average Bonchev–Trinajstić information content (AvgIpc) is 2.03. The lowest BCUT2D eigenvalue weighted by molar-refractivity contribution is -0.591. The van der Waals surface area contributed by atoms with Crippen LogP contribution in [0.15, 0.2) is 0 Å². The van der Waals surface area contributed by atoms with Gasteiger partial charge in [-0.3, -0.25) is 0 Å². The van der Waals surface area contributed by atoms with E-state index >= 15 is 0 Å². The van der Waals surface area contributed by atoms with E-state index in [0.29, 0.717) is 16.7 Å². The Morgan fingerprint density at radius 1 is 1.08 bits per heavy atom. The van der Waals surface area contributed by atoms with Gasteiger partial charge in [-0.05, 0) is 13.8 Å². The minimum Gasteiger partial charge on any atom is -0.205 e. The highest BCUT2D eigenvalue weighted by Gasteiger charge is 2.22. The molecule has 0 aromatic heterocycles. The minimum atomic E-state index is 0.388. The first-order chi connectivity index (χ1) is 5.54. The summed E-state index contributed by atoms with van der Waals surface area (Å²) in [5.74, 6) is 0. The first kappa shape index (κ1) is 12.2. The van der Waals surface area contributed by atoms with Crippen LogP contribution < -0.4 is 0 Å². The van der Waals surface area contributed by atoms with Crippen molar-refractivity contribution in [2.24, 2.45) is 0 Å². The predicted octanol–water partition coefficient (Wildman–Crippen LogP) is 3.43. The van der Waals surface area contributed by atoms with Gasteiger partial charge in [-0.1, -0.05) is 13.8 Å². The van der Waals surface area contributed by atoms with E-state index in [-0.39, 0.29) is 0 Å². The number of rotatable bonds is 4. The molecule has 0 saturated heterocycles. The van der Waals surface area contributed by atoms with E-state index in [1.165, 1.54) is 0 Å². The summed E-state index contributed by atoms with van der Waals surface area (Å²) >= 11 is 11.6. The lowest BCUT2D eigenvalue weighted by Crippen LogP contribution is -2.32. The molecule has 0 amide bonds. The van der Waals surface area contributed by atoms with Crippen LogP contribution in [0.1, 0.15) is 40.5 Å². The molecule has 0 N–H and O–H groups in total. The minimum absolute atomic E-state index is 0.388. The quantitative estimate of drug-likeness (QED) is 0.495. The molecule has 0 aliphatic rings. The second kappa shape index (κ2) is 5.82. The van der Waals surface area contributed by atoms with Crippen molar-refractivity contribution >= 4 is 27.8 Å². The molecule has 2 unspecified atom stereocenters. The van der Waals surface area contributed by atoms with E-state index in [4.69, 9.17) is 23.2 Å².